The first-order valence-corrected chi connectivity index (χ1v) is 3.13. The third kappa shape index (κ3) is 15.9. The Morgan fingerprint density at radius 2 is 1.30 bits per heavy atom. The molecule has 7 heteroatoms. The molecular formula is C3H6ClLiO5. The molecular weight excluding hydrogens is 158 g/mol. The smallest absolute Gasteiger partial charge is 0.357 e. The van der Waals surface area contributed by atoms with Crippen molar-refractivity contribution in [3.8, 4) is 0 Å². The third-order valence-electron chi connectivity index (χ3n) is 0.539. The van der Waals surface area contributed by atoms with Crippen LogP contribution < -0.4 is 32.8 Å². The van der Waals surface area contributed by atoms with Crippen LogP contribution in [-0.4, -0.2) is 13.2 Å². The molecule has 1 aliphatic rings. The molecule has 0 radical (unpaired) electrons. The molecule has 0 aliphatic carbocycles. The molecule has 56 valence electrons. The first-order chi connectivity index (χ1) is 4.23. The number of halogens is 1. The van der Waals surface area contributed by atoms with Crippen LogP contribution in [0.15, 0.2) is 0 Å². The van der Waals surface area contributed by atoms with E-state index in [4.69, 9.17) is 14.0 Å². The summed E-state index contributed by atoms with van der Waals surface area (Å²) >= 11 is 0. The fourth-order valence-electron chi connectivity index (χ4n) is 0.295. The van der Waals surface area contributed by atoms with Crippen molar-refractivity contribution in [1.29, 1.82) is 0 Å². The average Bonchev–Trinajstić information content (AvgIpc) is 2.11. The minimum absolute atomic E-state index is 0. The molecule has 0 aromatic rings. The van der Waals surface area contributed by atoms with Crippen molar-refractivity contribution < 1.29 is 53.4 Å². The van der Waals surface area contributed by atoms with E-state index >= 15 is 0 Å². The Labute approximate surface area is 73.4 Å². The van der Waals surface area contributed by atoms with Crippen molar-refractivity contribution in [2.24, 2.45) is 0 Å². The van der Waals surface area contributed by atoms with Gasteiger partial charge in [0.1, 0.15) is 0 Å². The van der Waals surface area contributed by atoms with Crippen molar-refractivity contribution in [3.63, 3.8) is 0 Å². The Balaban J connectivity index is 0. The van der Waals surface area contributed by atoms with Gasteiger partial charge in [0.05, 0.1) is 24.0 Å². The molecule has 0 unspecified atom stereocenters. The molecule has 10 heavy (non-hydrogen) atoms. The standard InChI is InChI=1S/C3H6O2.ClO3.Li/c1-2-4-5-3-1;2-1(3)4;/h1-3H2;;/q;-1;+1. The van der Waals surface area contributed by atoms with E-state index in [2.05, 4.69) is 9.78 Å². The number of hydrogen-bond donors (Lipinski definition) is 0. The van der Waals surface area contributed by atoms with Crippen LogP contribution in [-0.2, 0) is 9.78 Å². The zero-order chi connectivity index (χ0) is 7.11. The molecule has 0 saturated carbocycles. The van der Waals surface area contributed by atoms with Crippen LogP contribution in [0.4, 0.5) is 0 Å². The Morgan fingerprint density at radius 3 is 1.40 bits per heavy atom. The summed E-state index contributed by atoms with van der Waals surface area (Å²) in [6, 6.07) is 0. The Hall–Kier alpha value is 0.687. The molecule has 0 bridgehead atoms. The van der Waals surface area contributed by atoms with Gasteiger partial charge in [0.25, 0.3) is 0 Å². The van der Waals surface area contributed by atoms with Gasteiger partial charge in [0.15, 0.2) is 0 Å². The second-order valence-corrected chi connectivity index (χ2v) is 1.56. The van der Waals surface area contributed by atoms with Crippen LogP contribution >= 0.6 is 0 Å². The first-order valence-electron chi connectivity index (χ1n) is 2.21. The van der Waals surface area contributed by atoms with Gasteiger partial charge in [-0.1, -0.05) is 0 Å². The number of hydrogen-bond acceptors (Lipinski definition) is 5. The van der Waals surface area contributed by atoms with Crippen LogP contribution in [0.25, 0.3) is 0 Å². The van der Waals surface area contributed by atoms with Crippen LogP contribution in [0.2, 0.25) is 0 Å². The van der Waals surface area contributed by atoms with Gasteiger partial charge in [-0.25, -0.2) is 9.78 Å². The molecule has 5 nitrogen and oxygen atoms in total. The first kappa shape index (κ1) is 13.3. The zero-order valence-corrected chi connectivity index (χ0v) is 6.30. The summed E-state index contributed by atoms with van der Waals surface area (Å²) in [5.74, 6) is 0. The van der Waals surface area contributed by atoms with Gasteiger partial charge in [0.2, 0.25) is 0 Å². The average molecular weight is 164 g/mol. The Morgan fingerprint density at radius 1 is 1.00 bits per heavy atom. The van der Waals surface area contributed by atoms with Crippen molar-refractivity contribution in [2.45, 2.75) is 6.42 Å². The van der Waals surface area contributed by atoms with Gasteiger partial charge in [-0.3, -0.25) is 0 Å². The summed E-state index contributed by atoms with van der Waals surface area (Å²) in [5, 5.41) is 0. The van der Waals surface area contributed by atoms with Gasteiger partial charge >= 0.3 is 18.9 Å². The van der Waals surface area contributed by atoms with Crippen molar-refractivity contribution in [3.05, 3.63) is 0 Å². The van der Waals surface area contributed by atoms with E-state index in [1.807, 2.05) is 0 Å². The number of rotatable bonds is 0. The maximum absolute atomic E-state index is 8.41. The SMILES string of the molecule is C1COOC1.[Li+].[O-][Cl+2]([O-])[O-]. The van der Waals surface area contributed by atoms with Crippen LogP contribution in [0.3, 0.4) is 0 Å². The summed E-state index contributed by atoms with van der Waals surface area (Å²) < 4.78 is 25.2. The van der Waals surface area contributed by atoms with Crippen molar-refractivity contribution in [1.82, 2.24) is 0 Å². The van der Waals surface area contributed by atoms with Gasteiger partial charge in [-0.2, -0.15) is 0 Å². The topological polar surface area (TPSA) is 87.6 Å². The van der Waals surface area contributed by atoms with E-state index in [9.17, 15) is 0 Å². The van der Waals surface area contributed by atoms with Gasteiger partial charge in [0, 0.05) is 6.42 Å². The van der Waals surface area contributed by atoms with E-state index < -0.39 is 10.8 Å². The van der Waals surface area contributed by atoms with Crippen LogP contribution in [0.5, 0.6) is 0 Å². The zero-order valence-electron chi connectivity index (χ0n) is 5.54. The summed E-state index contributed by atoms with van der Waals surface area (Å²) in [5.41, 5.74) is 0. The molecule has 0 aromatic heterocycles. The molecule has 0 spiro atoms. The Bertz CT molecular complexity index is 48.5. The fraction of sp³-hybridized carbons (Fsp3) is 1.00. The second-order valence-electron chi connectivity index (χ2n) is 1.19. The normalized spacial score (nSPS) is 15.6. The van der Waals surface area contributed by atoms with E-state index in [1.165, 1.54) is 0 Å². The summed E-state index contributed by atoms with van der Waals surface area (Å²) in [7, 11) is -2.85. The third-order valence-corrected chi connectivity index (χ3v) is 0.539. The minimum atomic E-state index is -2.85. The monoisotopic (exact) mass is 164 g/mol. The second kappa shape index (κ2) is 9.69. The molecule has 1 fully saturated rings. The summed E-state index contributed by atoms with van der Waals surface area (Å²) in [6.45, 7) is 1.56. The molecule has 1 aliphatic heterocycles. The summed E-state index contributed by atoms with van der Waals surface area (Å²) in [6.07, 6.45) is 1.06. The molecule has 0 aromatic carbocycles. The van der Waals surface area contributed by atoms with E-state index in [0.717, 1.165) is 19.6 Å². The summed E-state index contributed by atoms with van der Waals surface area (Å²) in [4.78, 5) is 8.89. The van der Waals surface area contributed by atoms with E-state index in [1.54, 1.807) is 0 Å². The predicted octanol–water partition coefficient (Wildman–Crippen LogP) is -6.22. The minimum Gasteiger partial charge on any atom is -0.357 e. The maximum atomic E-state index is 8.41. The van der Waals surface area contributed by atoms with E-state index in [-0.39, 0.29) is 18.9 Å². The van der Waals surface area contributed by atoms with Gasteiger partial charge in [-0.15, -0.1) is 0 Å². The molecule has 0 atom stereocenters. The van der Waals surface area contributed by atoms with E-state index in [0.29, 0.717) is 0 Å². The van der Waals surface area contributed by atoms with Gasteiger partial charge < -0.3 is 14.0 Å². The Kier molecular flexibility index (Phi) is 12.9. The molecule has 0 amide bonds. The van der Waals surface area contributed by atoms with Crippen LogP contribution in [0, 0.1) is 10.8 Å². The molecule has 1 saturated heterocycles. The molecule has 0 N–H and O–H groups in total. The van der Waals surface area contributed by atoms with Crippen molar-refractivity contribution in [2.75, 3.05) is 13.2 Å². The maximum Gasteiger partial charge on any atom is 1.00 e. The van der Waals surface area contributed by atoms with Gasteiger partial charge in [-0.05, 0) is 0 Å². The largest absolute Gasteiger partial charge is 1.00 e. The molecule has 1 rings (SSSR count). The molecule has 1 heterocycles. The van der Waals surface area contributed by atoms with Crippen LogP contribution in [0.1, 0.15) is 6.42 Å². The predicted molar refractivity (Wildman–Crippen MR) is 16.5 cm³/mol. The fourth-order valence-corrected chi connectivity index (χ4v) is 0.295. The quantitative estimate of drug-likeness (QED) is 0.263. The van der Waals surface area contributed by atoms with Crippen molar-refractivity contribution >= 4 is 0 Å².